The third-order valence-electron chi connectivity index (χ3n) is 4.77. The highest BCUT2D eigenvalue weighted by Crippen LogP contribution is 2.40. The molecule has 6 heteroatoms. The van der Waals surface area contributed by atoms with Crippen LogP contribution in [0.1, 0.15) is 29.0 Å². The van der Waals surface area contributed by atoms with E-state index in [2.05, 4.69) is 10.4 Å². The number of aromatic hydroxyl groups is 1. The van der Waals surface area contributed by atoms with Crippen molar-refractivity contribution >= 4 is 11.7 Å². The fourth-order valence-corrected chi connectivity index (χ4v) is 3.41. The summed E-state index contributed by atoms with van der Waals surface area (Å²) in [7, 11) is 1.51. The summed E-state index contributed by atoms with van der Waals surface area (Å²) in [5, 5.41) is 17.3. The molecular weight excluding hydrogens is 330 g/mol. The van der Waals surface area contributed by atoms with Crippen molar-refractivity contribution < 1.29 is 14.6 Å². The van der Waals surface area contributed by atoms with Crippen molar-refractivity contribution in [1.82, 2.24) is 9.78 Å². The molecule has 1 aliphatic heterocycles. The number of benzene rings is 2. The predicted octanol–water partition coefficient (Wildman–Crippen LogP) is 3.37. The lowest BCUT2D eigenvalue weighted by atomic mass is 9.87. The molecule has 4 rings (SSSR count). The molecule has 0 bridgehead atoms. The highest BCUT2D eigenvalue weighted by Gasteiger charge is 2.31. The van der Waals surface area contributed by atoms with E-state index in [1.807, 2.05) is 37.3 Å². The molecule has 6 nitrogen and oxygen atoms in total. The van der Waals surface area contributed by atoms with Crippen LogP contribution in [0.5, 0.6) is 11.5 Å². The van der Waals surface area contributed by atoms with Gasteiger partial charge in [0.15, 0.2) is 11.5 Å². The highest BCUT2D eigenvalue weighted by molar-refractivity contribution is 5.94. The van der Waals surface area contributed by atoms with E-state index >= 15 is 0 Å². The number of nitrogens with one attached hydrogen (secondary N) is 1. The molecule has 2 heterocycles. The third-order valence-corrected chi connectivity index (χ3v) is 4.77. The first-order valence-electron chi connectivity index (χ1n) is 8.39. The first-order chi connectivity index (χ1) is 12.6. The molecule has 3 aromatic rings. The molecular formula is C20H19N3O3. The van der Waals surface area contributed by atoms with Gasteiger partial charge in [-0.1, -0.05) is 24.3 Å². The second-order valence-electron chi connectivity index (χ2n) is 6.38. The van der Waals surface area contributed by atoms with Crippen LogP contribution in [-0.4, -0.2) is 27.9 Å². The Balaban J connectivity index is 1.83. The number of aromatic nitrogens is 2. The molecule has 2 N–H and O–H groups in total. The maximum Gasteiger partial charge on any atom is 0.226 e. The van der Waals surface area contributed by atoms with Crippen molar-refractivity contribution in [3.05, 3.63) is 65.4 Å². The minimum Gasteiger partial charge on any atom is -0.504 e. The molecule has 0 spiro atoms. The second-order valence-corrected chi connectivity index (χ2v) is 6.38. The smallest absolute Gasteiger partial charge is 0.226 e. The van der Waals surface area contributed by atoms with Crippen LogP contribution in [0.2, 0.25) is 0 Å². The molecule has 0 fully saturated rings. The number of para-hydroxylation sites is 1. The molecule has 0 radical (unpaired) electrons. The Labute approximate surface area is 151 Å². The Morgan fingerprint density at radius 3 is 2.85 bits per heavy atom. The number of anilines is 1. The van der Waals surface area contributed by atoms with Gasteiger partial charge in [0, 0.05) is 17.9 Å². The summed E-state index contributed by atoms with van der Waals surface area (Å²) in [5.74, 6) is 0.942. The molecule has 1 unspecified atom stereocenters. The molecule has 2 aromatic carbocycles. The average molecular weight is 349 g/mol. The Morgan fingerprint density at radius 2 is 2.08 bits per heavy atom. The van der Waals surface area contributed by atoms with Crippen molar-refractivity contribution in [2.24, 2.45) is 0 Å². The number of carbonyl (C=O) groups excluding carboxylic acids is 1. The molecule has 0 saturated carbocycles. The van der Waals surface area contributed by atoms with Gasteiger partial charge in [0.1, 0.15) is 5.82 Å². The summed E-state index contributed by atoms with van der Waals surface area (Å²) >= 11 is 0. The fourth-order valence-electron chi connectivity index (χ4n) is 3.41. The standard InChI is InChI=1S/C20H19N3O3/c1-12-5-3-4-6-16(12)23-20-15(11-21-23)14(10-19(25)22-20)13-7-8-17(24)18(9-13)26-2/h3-9,11,14,24H,10H2,1-2H3,(H,22,25). The van der Waals surface area contributed by atoms with Crippen LogP contribution in [0.25, 0.3) is 5.69 Å². The minimum atomic E-state index is -0.147. The lowest BCUT2D eigenvalue weighted by Crippen LogP contribution is -2.24. The zero-order valence-electron chi connectivity index (χ0n) is 14.6. The van der Waals surface area contributed by atoms with Gasteiger partial charge in [0.25, 0.3) is 0 Å². The molecule has 132 valence electrons. The number of methoxy groups -OCH3 is 1. The van der Waals surface area contributed by atoms with Gasteiger partial charge in [-0.2, -0.15) is 5.10 Å². The molecule has 26 heavy (non-hydrogen) atoms. The number of aryl methyl sites for hydroxylation is 1. The summed E-state index contributed by atoms with van der Waals surface area (Å²) in [6.45, 7) is 2.01. The van der Waals surface area contributed by atoms with Crippen molar-refractivity contribution in [2.45, 2.75) is 19.3 Å². The topological polar surface area (TPSA) is 76.4 Å². The molecule has 0 aliphatic carbocycles. The van der Waals surface area contributed by atoms with Crippen LogP contribution in [0, 0.1) is 6.92 Å². The van der Waals surface area contributed by atoms with Gasteiger partial charge in [-0.25, -0.2) is 4.68 Å². The van der Waals surface area contributed by atoms with Crippen molar-refractivity contribution in [3.63, 3.8) is 0 Å². The van der Waals surface area contributed by atoms with E-state index in [0.717, 1.165) is 22.4 Å². The van der Waals surface area contributed by atoms with Crippen molar-refractivity contribution in [1.29, 1.82) is 0 Å². The molecule has 1 amide bonds. The second kappa shape index (κ2) is 6.22. The number of fused-ring (bicyclic) bond motifs is 1. The first kappa shape index (κ1) is 16.2. The van der Waals surface area contributed by atoms with E-state index in [1.54, 1.807) is 23.0 Å². The molecule has 0 saturated heterocycles. The Morgan fingerprint density at radius 1 is 1.27 bits per heavy atom. The van der Waals surface area contributed by atoms with Gasteiger partial charge >= 0.3 is 0 Å². The van der Waals surface area contributed by atoms with E-state index in [-0.39, 0.29) is 17.6 Å². The van der Waals surface area contributed by atoms with Crippen molar-refractivity contribution in [2.75, 3.05) is 12.4 Å². The largest absolute Gasteiger partial charge is 0.504 e. The molecule has 1 aromatic heterocycles. The van der Waals surface area contributed by atoms with E-state index < -0.39 is 0 Å². The van der Waals surface area contributed by atoms with E-state index in [1.165, 1.54) is 7.11 Å². The fraction of sp³-hybridized carbons (Fsp3) is 0.200. The Kier molecular flexibility index (Phi) is 3.88. The average Bonchev–Trinajstić information content (AvgIpc) is 3.05. The summed E-state index contributed by atoms with van der Waals surface area (Å²) < 4.78 is 6.98. The van der Waals surface area contributed by atoms with Gasteiger partial charge in [0.2, 0.25) is 5.91 Å². The van der Waals surface area contributed by atoms with E-state index in [4.69, 9.17) is 4.74 Å². The van der Waals surface area contributed by atoms with Gasteiger partial charge in [-0.15, -0.1) is 0 Å². The van der Waals surface area contributed by atoms with Crippen LogP contribution < -0.4 is 10.1 Å². The number of hydrogen-bond donors (Lipinski definition) is 2. The quantitative estimate of drug-likeness (QED) is 0.760. The monoisotopic (exact) mass is 349 g/mol. The number of ether oxygens (including phenoxy) is 1. The van der Waals surface area contributed by atoms with Gasteiger partial charge in [-0.3, -0.25) is 4.79 Å². The number of phenolic OH excluding ortho intramolecular Hbond substituents is 1. The van der Waals surface area contributed by atoms with Gasteiger partial charge in [0.05, 0.1) is 19.0 Å². The number of carbonyl (C=O) groups is 1. The lowest BCUT2D eigenvalue weighted by Gasteiger charge is -2.24. The number of rotatable bonds is 3. The SMILES string of the molecule is COc1cc(C2CC(=O)Nc3c2cnn3-c2ccccc2C)ccc1O. The zero-order chi connectivity index (χ0) is 18.3. The Bertz CT molecular complexity index is 994. The number of nitrogens with zero attached hydrogens (tertiary/aromatic N) is 2. The number of amides is 1. The molecule has 1 atom stereocenters. The number of hydrogen-bond acceptors (Lipinski definition) is 4. The van der Waals surface area contributed by atoms with Crippen LogP contribution in [0.15, 0.2) is 48.7 Å². The van der Waals surface area contributed by atoms with Gasteiger partial charge in [-0.05, 0) is 36.2 Å². The summed E-state index contributed by atoms with van der Waals surface area (Å²) in [5.41, 5.74) is 3.85. The maximum atomic E-state index is 12.4. The van der Waals surface area contributed by atoms with Crippen LogP contribution in [0.4, 0.5) is 5.82 Å². The predicted molar refractivity (Wildman–Crippen MR) is 98.0 cm³/mol. The molecule has 1 aliphatic rings. The minimum absolute atomic E-state index is 0.0649. The summed E-state index contributed by atoms with van der Waals surface area (Å²) in [6, 6.07) is 13.1. The maximum absolute atomic E-state index is 12.4. The summed E-state index contributed by atoms with van der Waals surface area (Å²) in [4.78, 5) is 12.4. The normalized spacial score (nSPS) is 16.1. The van der Waals surface area contributed by atoms with E-state index in [9.17, 15) is 9.90 Å². The van der Waals surface area contributed by atoms with Crippen LogP contribution in [0.3, 0.4) is 0 Å². The third kappa shape index (κ3) is 2.60. The highest BCUT2D eigenvalue weighted by atomic mass is 16.5. The lowest BCUT2D eigenvalue weighted by molar-refractivity contribution is -0.116. The zero-order valence-corrected chi connectivity index (χ0v) is 14.6. The van der Waals surface area contributed by atoms with E-state index in [0.29, 0.717) is 18.0 Å². The Hall–Kier alpha value is -3.28. The van der Waals surface area contributed by atoms with Crippen molar-refractivity contribution in [3.8, 4) is 17.2 Å². The van der Waals surface area contributed by atoms with Crippen LogP contribution in [-0.2, 0) is 4.79 Å². The summed E-state index contributed by atoms with van der Waals surface area (Å²) in [6.07, 6.45) is 2.12. The van der Waals surface area contributed by atoms with Gasteiger partial charge < -0.3 is 15.2 Å². The number of phenols is 1. The first-order valence-corrected chi connectivity index (χ1v) is 8.39. The van der Waals surface area contributed by atoms with Crippen LogP contribution >= 0.6 is 0 Å².